The van der Waals surface area contributed by atoms with Crippen LogP contribution in [-0.4, -0.2) is 71.7 Å². The smallest absolute Gasteiger partial charge is 0.345 e. The van der Waals surface area contributed by atoms with Crippen molar-refractivity contribution in [2.24, 2.45) is 5.92 Å². The standard InChI is InChI=1S/C16H22N2O5/c1-16(2)22-14(20)13(15(21)23-16)12-10(4-5-11(12)19)18-8-6-17(3)7-9-18/h4-5,10,12,20H,6-9H2,1-3H3/t10-,12+/m0/s1. The van der Waals surface area contributed by atoms with Crippen LogP contribution >= 0.6 is 0 Å². The lowest BCUT2D eigenvalue weighted by atomic mass is 9.90. The van der Waals surface area contributed by atoms with E-state index < -0.39 is 23.6 Å². The first-order chi connectivity index (χ1) is 10.8. The van der Waals surface area contributed by atoms with Gasteiger partial charge in [-0.1, -0.05) is 6.08 Å². The van der Waals surface area contributed by atoms with Crippen molar-refractivity contribution in [3.63, 3.8) is 0 Å². The van der Waals surface area contributed by atoms with Gasteiger partial charge in [-0.25, -0.2) is 4.79 Å². The molecule has 0 saturated carbocycles. The zero-order chi connectivity index (χ0) is 16.8. The molecule has 0 spiro atoms. The Kier molecular flexibility index (Phi) is 3.93. The number of hydrogen-bond donors (Lipinski definition) is 1. The van der Waals surface area contributed by atoms with Gasteiger partial charge >= 0.3 is 5.97 Å². The summed E-state index contributed by atoms with van der Waals surface area (Å²) in [6.07, 6.45) is 3.27. The normalized spacial score (nSPS) is 32.1. The number of piperazine rings is 1. The van der Waals surface area contributed by atoms with Gasteiger partial charge in [0.2, 0.25) is 0 Å². The van der Waals surface area contributed by atoms with Crippen LogP contribution in [0.1, 0.15) is 13.8 Å². The Hall–Kier alpha value is -1.86. The maximum absolute atomic E-state index is 12.3. The molecule has 126 valence electrons. The third kappa shape index (κ3) is 2.98. The van der Waals surface area contributed by atoms with Crippen molar-refractivity contribution in [3.05, 3.63) is 23.7 Å². The Labute approximate surface area is 135 Å². The highest BCUT2D eigenvalue weighted by atomic mass is 16.8. The van der Waals surface area contributed by atoms with Crippen LogP contribution in [0.15, 0.2) is 23.7 Å². The number of aliphatic hydroxyl groups is 1. The van der Waals surface area contributed by atoms with Gasteiger partial charge in [-0.2, -0.15) is 0 Å². The Balaban J connectivity index is 1.88. The number of carbonyl (C=O) groups is 2. The molecule has 0 amide bonds. The van der Waals surface area contributed by atoms with Gasteiger partial charge in [0, 0.05) is 46.1 Å². The number of hydrogen-bond acceptors (Lipinski definition) is 7. The minimum absolute atomic E-state index is 0.0803. The first-order valence-electron chi connectivity index (χ1n) is 7.78. The predicted molar refractivity (Wildman–Crippen MR) is 81.4 cm³/mol. The van der Waals surface area contributed by atoms with Gasteiger partial charge in [-0.15, -0.1) is 0 Å². The van der Waals surface area contributed by atoms with Crippen LogP contribution in [0.25, 0.3) is 0 Å². The molecule has 0 aromatic rings. The first kappa shape index (κ1) is 16.0. The summed E-state index contributed by atoms with van der Waals surface area (Å²) >= 11 is 0. The van der Waals surface area contributed by atoms with Gasteiger partial charge in [0.15, 0.2) is 5.78 Å². The Morgan fingerprint density at radius 3 is 2.43 bits per heavy atom. The highest BCUT2D eigenvalue weighted by molar-refractivity contribution is 6.05. The third-order valence-electron chi connectivity index (χ3n) is 4.51. The number of likely N-dealkylation sites (N-methyl/N-ethyl adjacent to an activating group) is 1. The van der Waals surface area contributed by atoms with E-state index >= 15 is 0 Å². The number of carbonyl (C=O) groups excluding carboxylic acids is 2. The van der Waals surface area contributed by atoms with E-state index in [1.165, 1.54) is 19.9 Å². The molecule has 0 bridgehead atoms. The average Bonchev–Trinajstić information content (AvgIpc) is 2.80. The summed E-state index contributed by atoms with van der Waals surface area (Å²) in [5.41, 5.74) is -0.0803. The van der Waals surface area contributed by atoms with Gasteiger partial charge in [-0.3, -0.25) is 9.69 Å². The van der Waals surface area contributed by atoms with Gasteiger partial charge in [0.1, 0.15) is 5.57 Å². The molecule has 0 unspecified atom stereocenters. The van der Waals surface area contributed by atoms with Gasteiger partial charge in [0.25, 0.3) is 11.7 Å². The Bertz CT molecular complexity index is 587. The second-order valence-corrected chi connectivity index (χ2v) is 6.68. The van der Waals surface area contributed by atoms with E-state index in [0.29, 0.717) is 0 Å². The lowest BCUT2D eigenvalue weighted by molar-refractivity contribution is -0.223. The van der Waals surface area contributed by atoms with Crippen LogP contribution in [-0.2, 0) is 19.1 Å². The molecule has 1 aliphatic carbocycles. The van der Waals surface area contributed by atoms with E-state index in [1.807, 2.05) is 7.05 Å². The molecule has 2 atom stereocenters. The van der Waals surface area contributed by atoms with Crippen LogP contribution in [0, 0.1) is 5.92 Å². The maximum atomic E-state index is 12.3. The van der Waals surface area contributed by atoms with Crippen molar-refractivity contribution < 1.29 is 24.2 Å². The van der Waals surface area contributed by atoms with E-state index in [2.05, 4.69) is 9.80 Å². The molecule has 0 aromatic carbocycles. The van der Waals surface area contributed by atoms with E-state index in [1.54, 1.807) is 6.08 Å². The zero-order valence-electron chi connectivity index (χ0n) is 13.6. The summed E-state index contributed by atoms with van der Waals surface area (Å²) in [5, 5.41) is 10.2. The summed E-state index contributed by atoms with van der Waals surface area (Å²) in [6, 6.07) is -0.259. The monoisotopic (exact) mass is 322 g/mol. The minimum Gasteiger partial charge on any atom is -0.480 e. The first-order valence-corrected chi connectivity index (χ1v) is 7.78. The van der Waals surface area contributed by atoms with Crippen LogP contribution in [0.5, 0.6) is 0 Å². The lowest BCUT2D eigenvalue weighted by Gasteiger charge is -2.39. The molecule has 1 fully saturated rings. The fourth-order valence-corrected chi connectivity index (χ4v) is 3.28. The highest BCUT2D eigenvalue weighted by Crippen LogP contribution is 2.35. The second kappa shape index (κ2) is 5.65. The zero-order valence-corrected chi connectivity index (χ0v) is 13.6. The molecule has 23 heavy (non-hydrogen) atoms. The minimum atomic E-state index is -1.23. The molecule has 3 rings (SSSR count). The number of ether oxygens (including phenoxy) is 2. The molecule has 7 nitrogen and oxygen atoms in total. The summed E-state index contributed by atoms with van der Waals surface area (Å²) in [7, 11) is 2.05. The van der Waals surface area contributed by atoms with Crippen LogP contribution in [0.3, 0.4) is 0 Å². The summed E-state index contributed by atoms with van der Waals surface area (Å²) in [6.45, 7) is 6.44. The number of nitrogens with zero attached hydrogens (tertiary/aromatic N) is 2. The summed E-state index contributed by atoms with van der Waals surface area (Å²) in [4.78, 5) is 29.0. The average molecular weight is 322 g/mol. The van der Waals surface area contributed by atoms with E-state index in [9.17, 15) is 14.7 Å². The molecule has 2 aliphatic heterocycles. The lowest BCUT2D eigenvalue weighted by Crippen LogP contribution is -2.52. The largest absolute Gasteiger partial charge is 0.480 e. The third-order valence-corrected chi connectivity index (χ3v) is 4.51. The molecule has 3 aliphatic rings. The molecule has 2 heterocycles. The Morgan fingerprint density at radius 2 is 1.83 bits per heavy atom. The van der Waals surface area contributed by atoms with Crippen LogP contribution < -0.4 is 0 Å². The number of ketones is 1. The van der Waals surface area contributed by atoms with Gasteiger partial charge in [0.05, 0.1) is 5.92 Å². The van der Waals surface area contributed by atoms with Crippen molar-refractivity contribution in [2.45, 2.75) is 25.7 Å². The van der Waals surface area contributed by atoms with E-state index in [0.717, 1.165) is 26.2 Å². The number of esters is 1. The summed E-state index contributed by atoms with van der Waals surface area (Å²) < 4.78 is 10.4. The molecular weight excluding hydrogens is 300 g/mol. The molecule has 0 radical (unpaired) electrons. The van der Waals surface area contributed by atoms with Crippen LogP contribution in [0.2, 0.25) is 0 Å². The number of cyclic esters (lactones) is 1. The van der Waals surface area contributed by atoms with Crippen molar-refractivity contribution in [2.75, 3.05) is 33.2 Å². The van der Waals surface area contributed by atoms with Gasteiger partial charge in [-0.05, 0) is 13.1 Å². The quantitative estimate of drug-likeness (QED) is 0.739. The fourth-order valence-electron chi connectivity index (χ4n) is 3.28. The second-order valence-electron chi connectivity index (χ2n) is 6.68. The van der Waals surface area contributed by atoms with E-state index in [4.69, 9.17) is 9.47 Å². The topological polar surface area (TPSA) is 79.3 Å². The van der Waals surface area contributed by atoms with E-state index in [-0.39, 0.29) is 17.4 Å². The molecule has 1 N–H and O–H groups in total. The van der Waals surface area contributed by atoms with Crippen molar-refractivity contribution in [3.8, 4) is 0 Å². The van der Waals surface area contributed by atoms with Crippen molar-refractivity contribution in [1.82, 2.24) is 9.80 Å². The fraction of sp³-hybridized carbons (Fsp3) is 0.625. The summed E-state index contributed by atoms with van der Waals surface area (Å²) in [5.74, 6) is -3.42. The van der Waals surface area contributed by atoms with Crippen molar-refractivity contribution in [1.29, 1.82) is 0 Å². The van der Waals surface area contributed by atoms with Gasteiger partial charge < -0.3 is 19.5 Å². The number of aliphatic hydroxyl groups excluding tert-OH is 1. The number of rotatable bonds is 2. The molecular formula is C16H22N2O5. The van der Waals surface area contributed by atoms with Crippen LogP contribution in [0.4, 0.5) is 0 Å². The highest BCUT2D eigenvalue weighted by Gasteiger charge is 2.47. The molecule has 1 saturated heterocycles. The molecule has 7 heteroatoms. The maximum Gasteiger partial charge on any atom is 0.345 e. The predicted octanol–water partition coefficient (Wildman–Crippen LogP) is 0.437. The number of allylic oxidation sites excluding steroid dienone is 1. The van der Waals surface area contributed by atoms with Crippen molar-refractivity contribution >= 4 is 11.8 Å². The SMILES string of the molecule is CN1CCN([C@H]2C=CC(=O)[C@@H]2C2=C(O)OC(C)(C)OC2=O)CC1. The Morgan fingerprint density at radius 1 is 1.17 bits per heavy atom. The molecule has 0 aromatic heterocycles.